The van der Waals surface area contributed by atoms with E-state index in [0.29, 0.717) is 0 Å². The van der Waals surface area contributed by atoms with Gasteiger partial charge in [0.05, 0.1) is 6.61 Å². The van der Waals surface area contributed by atoms with Gasteiger partial charge in [-0.15, -0.1) is 0 Å². The van der Waals surface area contributed by atoms with Crippen molar-refractivity contribution in [3.8, 4) is 0 Å². The number of ether oxygens (including phenoxy) is 1. The highest BCUT2D eigenvalue weighted by Gasteiger charge is 2.29. The van der Waals surface area contributed by atoms with Gasteiger partial charge >= 0.3 is 0 Å². The second-order valence-corrected chi connectivity index (χ2v) is 4.18. The molecule has 0 aromatic carbocycles. The summed E-state index contributed by atoms with van der Waals surface area (Å²) in [6, 6.07) is 5.90. The van der Waals surface area contributed by atoms with Crippen molar-refractivity contribution in [3.63, 3.8) is 0 Å². The van der Waals surface area contributed by atoms with Crippen LogP contribution in [0, 0.1) is 5.41 Å². The minimum Gasteiger partial charge on any atom is -0.381 e. The van der Waals surface area contributed by atoms with E-state index in [-0.39, 0.29) is 5.41 Å². The number of rotatable bonds is 3. The second kappa shape index (κ2) is 3.96. The summed E-state index contributed by atoms with van der Waals surface area (Å²) in [5.41, 5.74) is 0.275. The highest BCUT2D eigenvalue weighted by atomic mass is 16.5. The van der Waals surface area contributed by atoms with Crippen LogP contribution < -0.4 is 5.32 Å². The lowest BCUT2D eigenvalue weighted by Gasteiger charge is -2.22. The van der Waals surface area contributed by atoms with Gasteiger partial charge in [-0.05, 0) is 18.6 Å². The van der Waals surface area contributed by atoms with Crippen molar-refractivity contribution < 1.29 is 4.74 Å². The van der Waals surface area contributed by atoms with Crippen LogP contribution in [0.2, 0.25) is 0 Å². The lowest BCUT2D eigenvalue weighted by Crippen LogP contribution is -2.26. The van der Waals surface area contributed by atoms with E-state index in [2.05, 4.69) is 17.2 Å². The SMILES string of the molecule is CC1(CNc2ccccn2)CCOC1. The molecule has 14 heavy (non-hydrogen) atoms. The third-order valence-corrected chi connectivity index (χ3v) is 2.66. The Hall–Kier alpha value is -1.09. The molecule has 0 radical (unpaired) electrons. The highest BCUT2D eigenvalue weighted by Crippen LogP contribution is 2.27. The molecule has 0 spiro atoms. The van der Waals surface area contributed by atoms with Gasteiger partial charge in [0.25, 0.3) is 0 Å². The third-order valence-electron chi connectivity index (χ3n) is 2.66. The van der Waals surface area contributed by atoms with Crippen LogP contribution in [0.1, 0.15) is 13.3 Å². The van der Waals surface area contributed by atoms with Gasteiger partial charge in [0.2, 0.25) is 0 Å². The van der Waals surface area contributed by atoms with E-state index in [1.54, 1.807) is 6.20 Å². The van der Waals surface area contributed by atoms with Gasteiger partial charge in [-0.3, -0.25) is 0 Å². The maximum atomic E-state index is 5.39. The van der Waals surface area contributed by atoms with Gasteiger partial charge in [-0.25, -0.2) is 4.98 Å². The Morgan fingerprint density at radius 3 is 3.14 bits per heavy atom. The number of hydrogen-bond acceptors (Lipinski definition) is 3. The van der Waals surface area contributed by atoms with Gasteiger partial charge in [0, 0.05) is 24.8 Å². The molecule has 1 aliphatic heterocycles. The molecule has 2 heterocycles. The molecule has 1 fully saturated rings. The molecule has 1 N–H and O–H groups in total. The Kier molecular flexibility index (Phi) is 2.68. The minimum absolute atomic E-state index is 0.275. The van der Waals surface area contributed by atoms with Crippen molar-refractivity contribution in [1.29, 1.82) is 0 Å². The van der Waals surface area contributed by atoms with Crippen LogP contribution in [0.4, 0.5) is 5.82 Å². The first kappa shape index (κ1) is 9.46. The molecule has 2 rings (SSSR count). The average Bonchev–Trinajstić information content (AvgIpc) is 2.65. The van der Waals surface area contributed by atoms with Crippen molar-refractivity contribution in [2.45, 2.75) is 13.3 Å². The number of anilines is 1. The lowest BCUT2D eigenvalue weighted by atomic mass is 9.90. The zero-order valence-electron chi connectivity index (χ0n) is 8.49. The summed E-state index contributed by atoms with van der Waals surface area (Å²) >= 11 is 0. The van der Waals surface area contributed by atoms with E-state index >= 15 is 0 Å². The van der Waals surface area contributed by atoms with E-state index in [9.17, 15) is 0 Å². The average molecular weight is 192 g/mol. The van der Waals surface area contributed by atoms with Crippen LogP contribution in [0.25, 0.3) is 0 Å². The summed E-state index contributed by atoms with van der Waals surface area (Å²) in [7, 11) is 0. The quantitative estimate of drug-likeness (QED) is 0.794. The van der Waals surface area contributed by atoms with Gasteiger partial charge in [-0.1, -0.05) is 13.0 Å². The Morgan fingerprint density at radius 2 is 2.50 bits per heavy atom. The van der Waals surface area contributed by atoms with Gasteiger partial charge in [0.15, 0.2) is 0 Å². The molecule has 0 saturated carbocycles. The first-order chi connectivity index (χ1) is 6.79. The predicted molar refractivity (Wildman–Crippen MR) is 56.3 cm³/mol. The highest BCUT2D eigenvalue weighted by molar-refractivity contribution is 5.33. The summed E-state index contributed by atoms with van der Waals surface area (Å²) in [5.74, 6) is 0.945. The molecule has 0 bridgehead atoms. The Balaban J connectivity index is 1.88. The van der Waals surface area contributed by atoms with Crippen LogP contribution in [0.3, 0.4) is 0 Å². The molecule has 1 saturated heterocycles. The number of pyridine rings is 1. The van der Waals surface area contributed by atoms with Gasteiger partial charge in [0.1, 0.15) is 5.82 Å². The van der Waals surface area contributed by atoms with Crippen LogP contribution >= 0.6 is 0 Å². The topological polar surface area (TPSA) is 34.2 Å². The van der Waals surface area contributed by atoms with Crippen LogP contribution in [-0.4, -0.2) is 24.7 Å². The Morgan fingerprint density at radius 1 is 1.57 bits per heavy atom. The molecule has 3 heteroatoms. The van der Waals surface area contributed by atoms with Crippen molar-refractivity contribution >= 4 is 5.82 Å². The molecule has 0 amide bonds. The van der Waals surface area contributed by atoms with Gasteiger partial charge < -0.3 is 10.1 Å². The van der Waals surface area contributed by atoms with Crippen molar-refractivity contribution in [2.24, 2.45) is 5.41 Å². The van der Waals surface area contributed by atoms with Crippen LogP contribution in [0.5, 0.6) is 0 Å². The fourth-order valence-corrected chi connectivity index (χ4v) is 1.62. The number of hydrogen-bond donors (Lipinski definition) is 1. The molecule has 1 unspecified atom stereocenters. The molecule has 76 valence electrons. The monoisotopic (exact) mass is 192 g/mol. The lowest BCUT2D eigenvalue weighted by molar-refractivity contribution is 0.164. The van der Waals surface area contributed by atoms with Crippen molar-refractivity contribution in [3.05, 3.63) is 24.4 Å². The summed E-state index contributed by atoms with van der Waals surface area (Å²) in [5, 5.41) is 3.34. The van der Waals surface area contributed by atoms with E-state index in [0.717, 1.165) is 32.0 Å². The number of aromatic nitrogens is 1. The molecule has 1 aromatic rings. The molecule has 1 atom stereocenters. The summed E-state index contributed by atoms with van der Waals surface area (Å²) in [6.45, 7) is 4.92. The largest absolute Gasteiger partial charge is 0.381 e. The second-order valence-electron chi connectivity index (χ2n) is 4.18. The maximum absolute atomic E-state index is 5.39. The first-order valence-electron chi connectivity index (χ1n) is 5.01. The predicted octanol–water partition coefficient (Wildman–Crippen LogP) is 1.92. The summed E-state index contributed by atoms with van der Waals surface area (Å²) in [6.07, 6.45) is 2.93. The zero-order valence-corrected chi connectivity index (χ0v) is 8.49. The number of nitrogens with one attached hydrogen (secondary N) is 1. The first-order valence-corrected chi connectivity index (χ1v) is 5.01. The zero-order chi connectivity index (χ0) is 9.86. The van der Waals surface area contributed by atoms with E-state index in [4.69, 9.17) is 4.74 Å². The Labute approximate surface area is 84.5 Å². The standard InChI is InChI=1S/C11H16N2O/c1-11(5-7-14-9-11)8-13-10-4-2-3-6-12-10/h2-4,6H,5,7-9H2,1H3,(H,12,13). The molecule has 3 nitrogen and oxygen atoms in total. The molecule has 1 aromatic heterocycles. The van der Waals surface area contributed by atoms with E-state index < -0.39 is 0 Å². The molecular formula is C11H16N2O. The van der Waals surface area contributed by atoms with Crippen LogP contribution in [-0.2, 0) is 4.74 Å². The Bertz CT molecular complexity index is 281. The fraction of sp³-hybridized carbons (Fsp3) is 0.545. The fourth-order valence-electron chi connectivity index (χ4n) is 1.62. The summed E-state index contributed by atoms with van der Waals surface area (Å²) < 4.78 is 5.39. The third kappa shape index (κ3) is 2.23. The summed E-state index contributed by atoms with van der Waals surface area (Å²) in [4.78, 5) is 4.22. The minimum atomic E-state index is 0.275. The van der Waals surface area contributed by atoms with Gasteiger partial charge in [-0.2, -0.15) is 0 Å². The molecule has 0 aliphatic carbocycles. The van der Waals surface area contributed by atoms with E-state index in [1.807, 2.05) is 18.2 Å². The van der Waals surface area contributed by atoms with Crippen LogP contribution in [0.15, 0.2) is 24.4 Å². The van der Waals surface area contributed by atoms with Crippen molar-refractivity contribution in [1.82, 2.24) is 4.98 Å². The molecule has 1 aliphatic rings. The molecular weight excluding hydrogens is 176 g/mol. The normalized spacial score (nSPS) is 26.4. The maximum Gasteiger partial charge on any atom is 0.125 e. The number of nitrogens with zero attached hydrogens (tertiary/aromatic N) is 1. The van der Waals surface area contributed by atoms with Crippen molar-refractivity contribution in [2.75, 3.05) is 25.1 Å². The smallest absolute Gasteiger partial charge is 0.125 e. The van der Waals surface area contributed by atoms with E-state index in [1.165, 1.54) is 0 Å².